The molecule has 0 atom stereocenters. The lowest BCUT2D eigenvalue weighted by Gasteiger charge is -2.35. The SMILES string of the molecule is C=COC(C)(C)C.CC(C)C.CCCc1ccc(N2CCN(C(C)=O)CC2)nc1CCC. The largest absolute Gasteiger partial charge is 0.496 e. The lowest BCUT2D eigenvalue weighted by atomic mass is 10.1. The summed E-state index contributed by atoms with van der Waals surface area (Å²) in [4.78, 5) is 20.5. The first-order chi connectivity index (χ1) is 14.9. The van der Waals surface area contributed by atoms with Gasteiger partial charge in [-0.2, -0.15) is 0 Å². The summed E-state index contributed by atoms with van der Waals surface area (Å²) in [5.41, 5.74) is 2.58. The van der Waals surface area contributed by atoms with Gasteiger partial charge in [-0.3, -0.25) is 4.79 Å². The van der Waals surface area contributed by atoms with Gasteiger partial charge in [0.25, 0.3) is 0 Å². The number of hydrogen-bond acceptors (Lipinski definition) is 4. The van der Waals surface area contributed by atoms with Gasteiger partial charge in [-0.05, 0) is 51.2 Å². The van der Waals surface area contributed by atoms with Crippen molar-refractivity contribution in [2.45, 2.75) is 93.6 Å². The number of carbonyl (C=O) groups is 1. The van der Waals surface area contributed by atoms with Gasteiger partial charge in [0.05, 0.1) is 11.9 Å². The van der Waals surface area contributed by atoms with Crippen molar-refractivity contribution >= 4 is 11.7 Å². The fourth-order valence-corrected chi connectivity index (χ4v) is 3.15. The topological polar surface area (TPSA) is 45.7 Å². The molecule has 0 aliphatic carbocycles. The summed E-state index contributed by atoms with van der Waals surface area (Å²) in [7, 11) is 0. The maximum Gasteiger partial charge on any atom is 0.219 e. The van der Waals surface area contributed by atoms with E-state index in [0.29, 0.717) is 0 Å². The minimum Gasteiger partial charge on any atom is -0.496 e. The molecule has 1 fully saturated rings. The molecule has 1 aromatic heterocycles. The van der Waals surface area contributed by atoms with Crippen LogP contribution in [0.3, 0.4) is 0 Å². The molecule has 1 saturated heterocycles. The van der Waals surface area contributed by atoms with Gasteiger partial charge in [-0.25, -0.2) is 4.98 Å². The van der Waals surface area contributed by atoms with Crippen molar-refractivity contribution < 1.29 is 9.53 Å². The molecule has 5 nitrogen and oxygen atoms in total. The number of ether oxygens (including phenoxy) is 1. The van der Waals surface area contributed by atoms with Crippen molar-refractivity contribution in [1.29, 1.82) is 0 Å². The monoisotopic (exact) mass is 447 g/mol. The summed E-state index contributed by atoms with van der Waals surface area (Å²) in [6.45, 7) is 25.3. The van der Waals surface area contributed by atoms with E-state index in [1.54, 1.807) is 6.92 Å². The summed E-state index contributed by atoms with van der Waals surface area (Å²) >= 11 is 0. The predicted molar refractivity (Wildman–Crippen MR) is 138 cm³/mol. The lowest BCUT2D eigenvalue weighted by Crippen LogP contribution is -2.48. The Morgan fingerprint density at radius 1 is 1.09 bits per heavy atom. The highest BCUT2D eigenvalue weighted by molar-refractivity contribution is 5.73. The third-order valence-corrected chi connectivity index (χ3v) is 4.55. The highest BCUT2D eigenvalue weighted by Gasteiger charge is 2.20. The first kappa shape index (κ1) is 30.0. The van der Waals surface area contributed by atoms with Crippen LogP contribution in [0.5, 0.6) is 0 Å². The summed E-state index contributed by atoms with van der Waals surface area (Å²) in [5.74, 6) is 2.08. The lowest BCUT2D eigenvalue weighted by molar-refractivity contribution is -0.129. The minimum absolute atomic E-state index is 0.0677. The molecule has 0 radical (unpaired) electrons. The number of hydrogen-bond donors (Lipinski definition) is 0. The van der Waals surface area contributed by atoms with Gasteiger partial charge in [0.1, 0.15) is 5.82 Å². The van der Waals surface area contributed by atoms with Crippen LogP contribution >= 0.6 is 0 Å². The number of amides is 1. The Labute approximate surface area is 198 Å². The van der Waals surface area contributed by atoms with E-state index in [-0.39, 0.29) is 11.5 Å². The van der Waals surface area contributed by atoms with E-state index in [1.165, 1.54) is 17.5 Å². The third-order valence-electron chi connectivity index (χ3n) is 4.55. The zero-order chi connectivity index (χ0) is 24.7. The van der Waals surface area contributed by atoms with Crippen LogP contribution in [0.2, 0.25) is 0 Å². The molecular formula is C27H49N3O2. The Hall–Kier alpha value is -2.04. The van der Waals surface area contributed by atoms with Gasteiger partial charge in [0.15, 0.2) is 0 Å². The van der Waals surface area contributed by atoms with Crippen LogP contribution in [0.4, 0.5) is 5.82 Å². The number of aryl methyl sites for hydroxylation is 2. The predicted octanol–water partition coefficient (Wildman–Crippen LogP) is 6.26. The molecule has 0 spiro atoms. The number of piperazine rings is 1. The smallest absolute Gasteiger partial charge is 0.219 e. The number of carbonyl (C=O) groups excluding carboxylic acids is 1. The highest BCUT2D eigenvalue weighted by atomic mass is 16.5. The van der Waals surface area contributed by atoms with E-state index in [1.807, 2.05) is 25.7 Å². The van der Waals surface area contributed by atoms with Crippen molar-refractivity contribution in [3.05, 3.63) is 36.2 Å². The number of aromatic nitrogens is 1. The highest BCUT2D eigenvalue weighted by Crippen LogP contribution is 2.19. The number of nitrogens with zero attached hydrogens (tertiary/aromatic N) is 3. The number of rotatable bonds is 6. The minimum atomic E-state index is -0.0677. The molecule has 0 aromatic carbocycles. The molecule has 32 heavy (non-hydrogen) atoms. The normalized spacial score (nSPS) is 13.6. The Morgan fingerprint density at radius 3 is 2.00 bits per heavy atom. The van der Waals surface area contributed by atoms with Crippen LogP contribution in [-0.2, 0) is 22.4 Å². The van der Waals surface area contributed by atoms with Crippen LogP contribution in [0.1, 0.15) is 86.4 Å². The molecule has 5 heteroatoms. The van der Waals surface area contributed by atoms with Crippen molar-refractivity contribution in [2.24, 2.45) is 5.92 Å². The van der Waals surface area contributed by atoms with Crippen LogP contribution in [0.15, 0.2) is 25.0 Å². The van der Waals surface area contributed by atoms with Crippen LogP contribution in [-0.4, -0.2) is 47.6 Å². The van der Waals surface area contributed by atoms with Crippen molar-refractivity contribution in [1.82, 2.24) is 9.88 Å². The first-order valence-corrected chi connectivity index (χ1v) is 12.2. The Kier molecular flexibility index (Phi) is 14.7. The standard InChI is InChI=1S/C17H27N3O.C6H12O.C4H10/c1-4-6-15-8-9-17(18-16(15)7-5-2)20-12-10-19(11-13-20)14(3)21;1-5-7-6(2,3)4;1-4(2)3/h8-9H,4-7,10-13H2,1-3H3;5H,1H2,2-4H3;4H,1-3H3. The van der Waals surface area contributed by atoms with Crippen LogP contribution < -0.4 is 4.90 Å². The molecule has 0 unspecified atom stereocenters. The second-order valence-electron chi connectivity index (χ2n) is 9.90. The van der Waals surface area contributed by atoms with Gasteiger partial charge >= 0.3 is 0 Å². The molecule has 1 aromatic rings. The van der Waals surface area contributed by atoms with E-state index in [9.17, 15) is 4.79 Å². The summed E-state index contributed by atoms with van der Waals surface area (Å²) in [6, 6.07) is 4.39. The van der Waals surface area contributed by atoms with Crippen molar-refractivity contribution in [3.8, 4) is 0 Å². The molecule has 0 N–H and O–H groups in total. The van der Waals surface area contributed by atoms with Crippen molar-refractivity contribution in [2.75, 3.05) is 31.1 Å². The molecule has 0 saturated carbocycles. The van der Waals surface area contributed by atoms with Gasteiger partial charge in [-0.15, -0.1) is 0 Å². The molecule has 1 aliphatic heterocycles. The van der Waals surface area contributed by atoms with E-state index < -0.39 is 0 Å². The van der Waals surface area contributed by atoms with E-state index >= 15 is 0 Å². The Balaban J connectivity index is 0.000000728. The second kappa shape index (κ2) is 15.7. The molecule has 1 amide bonds. The quantitative estimate of drug-likeness (QED) is 0.483. The van der Waals surface area contributed by atoms with Gasteiger partial charge < -0.3 is 14.5 Å². The van der Waals surface area contributed by atoms with E-state index in [0.717, 1.165) is 63.6 Å². The molecule has 0 bridgehead atoms. The molecule has 2 heterocycles. The summed E-state index contributed by atoms with van der Waals surface area (Å²) in [5, 5.41) is 0. The fourth-order valence-electron chi connectivity index (χ4n) is 3.15. The Bertz CT molecular complexity index is 655. The zero-order valence-corrected chi connectivity index (χ0v) is 22.3. The van der Waals surface area contributed by atoms with Crippen molar-refractivity contribution in [3.63, 3.8) is 0 Å². The van der Waals surface area contributed by atoms with E-state index in [4.69, 9.17) is 9.72 Å². The van der Waals surface area contributed by atoms with Gasteiger partial charge in [-0.1, -0.05) is 60.1 Å². The van der Waals surface area contributed by atoms with Crippen LogP contribution in [0, 0.1) is 5.92 Å². The average molecular weight is 448 g/mol. The summed E-state index contributed by atoms with van der Waals surface area (Å²) < 4.78 is 4.99. The first-order valence-electron chi connectivity index (χ1n) is 12.2. The Morgan fingerprint density at radius 2 is 1.62 bits per heavy atom. The zero-order valence-electron chi connectivity index (χ0n) is 22.3. The second-order valence-corrected chi connectivity index (χ2v) is 9.90. The molecule has 1 aliphatic rings. The number of anilines is 1. The van der Waals surface area contributed by atoms with E-state index in [2.05, 4.69) is 58.2 Å². The molecule has 2 rings (SSSR count). The maximum absolute atomic E-state index is 11.4. The summed E-state index contributed by atoms with van der Waals surface area (Å²) in [6.07, 6.45) is 5.91. The third kappa shape index (κ3) is 13.4. The number of pyridine rings is 1. The molecular weight excluding hydrogens is 398 g/mol. The molecule has 184 valence electrons. The fraction of sp³-hybridized carbons (Fsp3) is 0.704. The van der Waals surface area contributed by atoms with Gasteiger partial charge in [0, 0.05) is 38.8 Å². The van der Waals surface area contributed by atoms with Crippen LogP contribution in [0.25, 0.3) is 0 Å². The average Bonchev–Trinajstić information content (AvgIpc) is 2.69. The van der Waals surface area contributed by atoms with Gasteiger partial charge in [0.2, 0.25) is 5.91 Å². The maximum atomic E-state index is 11.4.